The smallest absolute Gasteiger partial charge is 0.243 e. The number of nitrogens with one attached hydrogen (secondary N) is 1. The molecule has 122 valence electrons. The van der Waals surface area contributed by atoms with E-state index in [4.69, 9.17) is 0 Å². The first-order valence-corrected chi connectivity index (χ1v) is 9.45. The van der Waals surface area contributed by atoms with E-state index in [1.54, 1.807) is 18.7 Å². The number of nitrogens with zero attached hydrogens (tertiary/aromatic N) is 2. The number of unbranched alkanes of at least 4 members (excludes halogenated alkanes) is 7. The first-order valence-electron chi connectivity index (χ1n) is 7.97. The van der Waals surface area contributed by atoms with Crippen molar-refractivity contribution < 1.29 is 8.42 Å². The molecule has 0 saturated carbocycles. The SMILES string of the molecule is CCCCCCCCCCNS(=O)(=O)c1cnn(C)c1C. The highest BCUT2D eigenvalue weighted by Crippen LogP contribution is 2.13. The minimum Gasteiger partial charge on any atom is -0.272 e. The molecule has 0 amide bonds. The maximum absolute atomic E-state index is 12.1. The summed E-state index contributed by atoms with van der Waals surface area (Å²) in [7, 11) is -1.67. The number of sulfonamides is 1. The fourth-order valence-electron chi connectivity index (χ4n) is 2.29. The van der Waals surface area contributed by atoms with Gasteiger partial charge in [0.25, 0.3) is 0 Å². The Labute approximate surface area is 129 Å². The average molecular weight is 315 g/mol. The molecule has 1 aromatic rings. The van der Waals surface area contributed by atoms with E-state index < -0.39 is 10.0 Å². The van der Waals surface area contributed by atoms with Gasteiger partial charge in [-0.05, 0) is 13.3 Å². The Balaban J connectivity index is 2.19. The van der Waals surface area contributed by atoms with Crippen LogP contribution in [0.3, 0.4) is 0 Å². The molecule has 0 atom stereocenters. The summed E-state index contributed by atoms with van der Waals surface area (Å²) >= 11 is 0. The Morgan fingerprint density at radius 2 is 1.67 bits per heavy atom. The minimum absolute atomic E-state index is 0.282. The standard InChI is InChI=1S/C15H29N3O2S/c1-4-5-6-7-8-9-10-11-12-17-21(19,20)15-13-16-18(3)14(15)2/h13,17H,4-12H2,1-3H3. The average Bonchev–Trinajstić information content (AvgIpc) is 2.78. The molecule has 0 radical (unpaired) electrons. The fraction of sp³-hybridized carbons (Fsp3) is 0.800. The summed E-state index contributed by atoms with van der Waals surface area (Å²) < 4.78 is 28.5. The maximum Gasteiger partial charge on any atom is 0.243 e. The molecular weight excluding hydrogens is 286 g/mol. The van der Waals surface area contributed by atoms with E-state index in [9.17, 15) is 8.42 Å². The van der Waals surface area contributed by atoms with Gasteiger partial charge in [-0.15, -0.1) is 0 Å². The lowest BCUT2D eigenvalue weighted by atomic mass is 10.1. The van der Waals surface area contributed by atoms with Crippen LogP contribution in [-0.4, -0.2) is 24.7 Å². The van der Waals surface area contributed by atoms with Crippen LogP contribution in [0.2, 0.25) is 0 Å². The van der Waals surface area contributed by atoms with Gasteiger partial charge >= 0.3 is 0 Å². The van der Waals surface area contributed by atoms with E-state index in [1.165, 1.54) is 44.7 Å². The Bertz CT molecular complexity index is 509. The summed E-state index contributed by atoms with van der Waals surface area (Å²) in [4.78, 5) is 0.282. The van der Waals surface area contributed by atoms with Crippen LogP contribution in [0.25, 0.3) is 0 Å². The molecular formula is C15H29N3O2S. The lowest BCUT2D eigenvalue weighted by molar-refractivity contribution is 0.558. The van der Waals surface area contributed by atoms with E-state index in [0.29, 0.717) is 12.2 Å². The van der Waals surface area contributed by atoms with E-state index >= 15 is 0 Å². The van der Waals surface area contributed by atoms with Crippen molar-refractivity contribution in [1.82, 2.24) is 14.5 Å². The van der Waals surface area contributed by atoms with Gasteiger partial charge in [0.15, 0.2) is 0 Å². The summed E-state index contributed by atoms with van der Waals surface area (Å²) in [5.74, 6) is 0. The van der Waals surface area contributed by atoms with Crippen molar-refractivity contribution in [3.8, 4) is 0 Å². The number of rotatable bonds is 11. The van der Waals surface area contributed by atoms with Crippen molar-refractivity contribution in [2.75, 3.05) is 6.54 Å². The third-order valence-corrected chi connectivity index (χ3v) is 5.37. The van der Waals surface area contributed by atoms with E-state index in [2.05, 4.69) is 16.7 Å². The monoisotopic (exact) mass is 315 g/mol. The Morgan fingerprint density at radius 1 is 1.10 bits per heavy atom. The Kier molecular flexibility index (Phi) is 7.96. The van der Waals surface area contributed by atoms with Crippen LogP contribution < -0.4 is 4.72 Å². The van der Waals surface area contributed by atoms with Gasteiger partial charge in [-0.3, -0.25) is 4.68 Å². The summed E-state index contributed by atoms with van der Waals surface area (Å²) in [6.07, 6.45) is 11.1. The van der Waals surface area contributed by atoms with Crippen LogP contribution in [0, 0.1) is 6.92 Å². The van der Waals surface area contributed by atoms with Crippen molar-refractivity contribution in [3.05, 3.63) is 11.9 Å². The van der Waals surface area contributed by atoms with Crippen LogP contribution in [0.15, 0.2) is 11.1 Å². The summed E-state index contributed by atoms with van der Waals surface area (Å²) in [6.45, 7) is 4.49. The van der Waals surface area contributed by atoms with Crippen molar-refractivity contribution in [2.45, 2.75) is 70.1 Å². The highest BCUT2D eigenvalue weighted by molar-refractivity contribution is 7.89. The molecule has 0 bridgehead atoms. The van der Waals surface area contributed by atoms with Crippen molar-refractivity contribution in [2.24, 2.45) is 7.05 Å². The predicted octanol–water partition coefficient (Wildman–Crippen LogP) is 3.15. The normalized spacial score (nSPS) is 12.0. The van der Waals surface area contributed by atoms with Crippen LogP contribution in [0.1, 0.15) is 64.0 Å². The molecule has 0 spiro atoms. The fourth-order valence-corrected chi connectivity index (χ4v) is 3.56. The summed E-state index contributed by atoms with van der Waals surface area (Å²) in [5.41, 5.74) is 0.665. The largest absolute Gasteiger partial charge is 0.272 e. The molecule has 0 aromatic carbocycles. The molecule has 21 heavy (non-hydrogen) atoms. The van der Waals surface area contributed by atoms with Gasteiger partial charge < -0.3 is 0 Å². The maximum atomic E-state index is 12.1. The molecule has 0 aliphatic rings. The van der Waals surface area contributed by atoms with Crippen molar-refractivity contribution >= 4 is 10.0 Å². The summed E-state index contributed by atoms with van der Waals surface area (Å²) in [5, 5.41) is 3.97. The third kappa shape index (κ3) is 6.18. The highest BCUT2D eigenvalue weighted by Gasteiger charge is 2.18. The lowest BCUT2D eigenvalue weighted by Crippen LogP contribution is -2.25. The topological polar surface area (TPSA) is 64.0 Å². The molecule has 1 aromatic heterocycles. The van der Waals surface area contributed by atoms with Crippen LogP contribution in [0.4, 0.5) is 0 Å². The second-order valence-electron chi connectivity index (χ2n) is 5.59. The molecule has 1 rings (SSSR count). The molecule has 0 saturated heterocycles. The van der Waals surface area contributed by atoms with Crippen molar-refractivity contribution in [3.63, 3.8) is 0 Å². The third-order valence-electron chi connectivity index (χ3n) is 3.80. The zero-order chi connectivity index (χ0) is 15.7. The highest BCUT2D eigenvalue weighted by atomic mass is 32.2. The van der Waals surface area contributed by atoms with E-state index in [-0.39, 0.29) is 4.90 Å². The zero-order valence-corrected chi connectivity index (χ0v) is 14.4. The number of aryl methyl sites for hydroxylation is 1. The molecule has 0 aliphatic heterocycles. The Hall–Kier alpha value is -0.880. The number of hydrogen-bond donors (Lipinski definition) is 1. The van der Waals surface area contributed by atoms with E-state index in [0.717, 1.165) is 12.8 Å². The Morgan fingerprint density at radius 3 is 2.19 bits per heavy atom. The minimum atomic E-state index is -3.41. The van der Waals surface area contributed by atoms with Crippen molar-refractivity contribution in [1.29, 1.82) is 0 Å². The first-order chi connectivity index (χ1) is 9.99. The van der Waals surface area contributed by atoms with Gasteiger partial charge in [0.05, 0.1) is 11.9 Å². The first kappa shape index (κ1) is 18.2. The van der Waals surface area contributed by atoms with Gasteiger partial charge in [-0.25, -0.2) is 13.1 Å². The molecule has 0 aliphatic carbocycles. The molecule has 1 heterocycles. The van der Waals surface area contributed by atoms with Gasteiger partial charge in [0.1, 0.15) is 4.90 Å². The second kappa shape index (κ2) is 9.20. The van der Waals surface area contributed by atoms with Crippen LogP contribution in [0.5, 0.6) is 0 Å². The molecule has 6 heteroatoms. The number of hydrogen-bond acceptors (Lipinski definition) is 3. The molecule has 0 fully saturated rings. The lowest BCUT2D eigenvalue weighted by Gasteiger charge is -2.06. The molecule has 5 nitrogen and oxygen atoms in total. The molecule has 0 unspecified atom stereocenters. The van der Waals surface area contributed by atoms with E-state index in [1.807, 2.05) is 0 Å². The van der Waals surface area contributed by atoms with Gasteiger partial charge in [-0.2, -0.15) is 5.10 Å². The zero-order valence-electron chi connectivity index (χ0n) is 13.6. The molecule has 1 N–H and O–H groups in total. The number of aromatic nitrogens is 2. The predicted molar refractivity (Wildman–Crippen MR) is 85.7 cm³/mol. The second-order valence-corrected chi connectivity index (χ2v) is 7.33. The quantitative estimate of drug-likeness (QED) is 0.638. The van der Waals surface area contributed by atoms with Gasteiger partial charge in [-0.1, -0.05) is 51.9 Å². The van der Waals surface area contributed by atoms with Crippen LogP contribution >= 0.6 is 0 Å². The van der Waals surface area contributed by atoms with Gasteiger partial charge in [0, 0.05) is 13.6 Å². The summed E-state index contributed by atoms with van der Waals surface area (Å²) in [6, 6.07) is 0. The van der Waals surface area contributed by atoms with Gasteiger partial charge in [0.2, 0.25) is 10.0 Å². The van der Waals surface area contributed by atoms with Crippen LogP contribution in [-0.2, 0) is 17.1 Å².